The molecule has 25 heavy (non-hydrogen) atoms. The molecule has 0 bridgehead atoms. The van der Waals surface area contributed by atoms with Crippen molar-refractivity contribution in [1.82, 2.24) is 9.97 Å². The third-order valence-corrected chi connectivity index (χ3v) is 4.92. The summed E-state index contributed by atoms with van der Waals surface area (Å²) >= 11 is 5.99. The van der Waals surface area contributed by atoms with Crippen molar-refractivity contribution in [2.75, 3.05) is 5.32 Å². The first-order chi connectivity index (χ1) is 12.2. The van der Waals surface area contributed by atoms with Crippen LogP contribution >= 0.6 is 11.6 Å². The lowest BCUT2D eigenvalue weighted by molar-refractivity contribution is 0.598. The number of halogens is 1. The molecule has 126 valence electrons. The molecule has 1 aliphatic rings. The maximum absolute atomic E-state index is 5.99. The standard InChI is InChI=1S/C21H20ClN3/c1-14-23-20(16-9-11-17(22)12-10-16)13-21(24-14)25-19-8-4-6-15-5-2-3-7-18(15)19/h2-3,5,7,9-13,19H,4,6,8H2,1H3,(H,23,24,25)/t19-/m1/s1. The molecular weight excluding hydrogens is 330 g/mol. The highest BCUT2D eigenvalue weighted by molar-refractivity contribution is 6.30. The summed E-state index contributed by atoms with van der Waals surface area (Å²) < 4.78 is 0. The van der Waals surface area contributed by atoms with Gasteiger partial charge in [-0.15, -0.1) is 0 Å². The van der Waals surface area contributed by atoms with Crippen LogP contribution in [0.25, 0.3) is 11.3 Å². The summed E-state index contributed by atoms with van der Waals surface area (Å²) in [6.07, 6.45) is 3.48. The number of rotatable bonds is 3. The van der Waals surface area contributed by atoms with Crippen molar-refractivity contribution in [2.45, 2.75) is 32.2 Å². The van der Waals surface area contributed by atoms with Crippen LogP contribution in [0.3, 0.4) is 0 Å². The zero-order valence-corrected chi connectivity index (χ0v) is 14.9. The monoisotopic (exact) mass is 349 g/mol. The Balaban J connectivity index is 1.65. The van der Waals surface area contributed by atoms with Crippen molar-refractivity contribution >= 4 is 17.4 Å². The van der Waals surface area contributed by atoms with Gasteiger partial charge in [-0.1, -0.05) is 48.0 Å². The molecule has 0 spiro atoms. The van der Waals surface area contributed by atoms with E-state index in [2.05, 4.69) is 39.6 Å². The Morgan fingerprint density at radius 3 is 2.68 bits per heavy atom. The molecule has 0 radical (unpaired) electrons. The number of aryl methyl sites for hydroxylation is 2. The Bertz CT molecular complexity index is 890. The van der Waals surface area contributed by atoms with Gasteiger partial charge in [0.2, 0.25) is 0 Å². The second kappa shape index (κ2) is 6.85. The van der Waals surface area contributed by atoms with Gasteiger partial charge in [-0.05, 0) is 49.4 Å². The number of hydrogen-bond donors (Lipinski definition) is 1. The second-order valence-corrected chi connectivity index (χ2v) is 6.92. The predicted octanol–water partition coefficient (Wildman–Crippen LogP) is 5.59. The second-order valence-electron chi connectivity index (χ2n) is 6.48. The normalized spacial score (nSPS) is 16.3. The molecule has 1 aromatic heterocycles. The van der Waals surface area contributed by atoms with Gasteiger partial charge in [0, 0.05) is 16.7 Å². The van der Waals surface area contributed by atoms with E-state index in [1.165, 1.54) is 17.5 Å². The number of nitrogens with zero attached hydrogens (tertiary/aromatic N) is 2. The highest BCUT2D eigenvalue weighted by atomic mass is 35.5. The fourth-order valence-electron chi connectivity index (χ4n) is 3.49. The number of aromatic nitrogens is 2. The minimum atomic E-state index is 0.303. The van der Waals surface area contributed by atoms with Crippen molar-refractivity contribution in [1.29, 1.82) is 0 Å². The molecule has 0 amide bonds. The molecule has 0 saturated carbocycles. The van der Waals surface area contributed by atoms with E-state index in [4.69, 9.17) is 11.6 Å². The minimum Gasteiger partial charge on any atom is -0.363 e. The molecule has 1 heterocycles. The third kappa shape index (κ3) is 3.52. The van der Waals surface area contributed by atoms with Crippen LogP contribution < -0.4 is 5.32 Å². The molecule has 3 aromatic rings. The maximum Gasteiger partial charge on any atom is 0.130 e. The zero-order chi connectivity index (χ0) is 17.2. The Labute approximate surface area is 153 Å². The predicted molar refractivity (Wildman–Crippen MR) is 103 cm³/mol. The summed E-state index contributed by atoms with van der Waals surface area (Å²) in [5, 5.41) is 4.35. The van der Waals surface area contributed by atoms with Gasteiger partial charge < -0.3 is 5.32 Å². The van der Waals surface area contributed by atoms with Crippen molar-refractivity contribution in [3.05, 3.63) is 76.6 Å². The number of hydrogen-bond acceptors (Lipinski definition) is 3. The molecule has 0 unspecified atom stereocenters. The Morgan fingerprint density at radius 2 is 1.84 bits per heavy atom. The van der Waals surface area contributed by atoms with Gasteiger partial charge >= 0.3 is 0 Å². The summed E-state index contributed by atoms with van der Waals surface area (Å²) in [5.74, 6) is 1.64. The van der Waals surface area contributed by atoms with E-state index in [9.17, 15) is 0 Å². The maximum atomic E-state index is 5.99. The van der Waals surface area contributed by atoms with Gasteiger partial charge in [0.25, 0.3) is 0 Å². The first-order valence-corrected chi connectivity index (χ1v) is 9.03. The molecule has 1 aliphatic carbocycles. The summed E-state index contributed by atoms with van der Waals surface area (Å²) in [5.41, 5.74) is 4.78. The Morgan fingerprint density at radius 1 is 1.04 bits per heavy atom. The molecular formula is C21H20ClN3. The summed E-state index contributed by atoms with van der Waals surface area (Å²) in [6, 6.07) is 18.8. The SMILES string of the molecule is Cc1nc(N[C@@H]2CCCc3ccccc32)cc(-c2ccc(Cl)cc2)n1. The van der Waals surface area contributed by atoms with Crippen molar-refractivity contribution in [3.8, 4) is 11.3 Å². The molecule has 3 nitrogen and oxygen atoms in total. The van der Waals surface area contributed by atoms with E-state index < -0.39 is 0 Å². The lowest BCUT2D eigenvalue weighted by atomic mass is 9.88. The Hall–Kier alpha value is -2.39. The molecule has 0 fully saturated rings. The van der Waals surface area contributed by atoms with Crippen molar-refractivity contribution in [3.63, 3.8) is 0 Å². The average Bonchev–Trinajstić information content (AvgIpc) is 2.62. The third-order valence-electron chi connectivity index (χ3n) is 4.67. The van der Waals surface area contributed by atoms with Gasteiger partial charge in [-0.25, -0.2) is 9.97 Å². The van der Waals surface area contributed by atoms with E-state index in [1.54, 1.807) is 0 Å². The number of benzene rings is 2. The van der Waals surface area contributed by atoms with E-state index in [0.717, 1.165) is 40.8 Å². The van der Waals surface area contributed by atoms with E-state index >= 15 is 0 Å². The highest BCUT2D eigenvalue weighted by Gasteiger charge is 2.20. The molecule has 4 rings (SSSR count). The van der Waals surface area contributed by atoms with Gasteiger partial charge in [0.1, 0.15) is 11.6 Å². The van der Waals surface area contributed by atoms with Crippen molar-refractivity contribution in [2.24, 2.45) is 0 Å². The van der Waals surface area contributed by atoms with Crippen LogP contribution in [0, 0.1) is 6.92 Å². The number of anilines is 1. The average molecular weight is 350 g/mol. The van der Waals surface area contributed by atoms with Crippen LogP contribution in [-0.2, 0) is 6.42 Å². The number of nitrogens with one attached hydrogen (secondary N) is 1. The molecule has 1 N–H and O–H groups in total. The van der Waals surface area contributed by atoms with Crippen LogP contribution in [0.2, 0.25) is 5.02 Å². The topological polar surface area (TPSA) is 37.8 Å². The fraction of sp³-hybridized carbons (Fsp3) is 0.238. The van der Waals surface area contributed by atoms with E-state index in [0.29, 0.717) is 6.04 Å². The minimum absolute atomic E-state index is 0.303. The van der Waals surface area contributed by atoms with Crippen LogP contribution in [-0.4, -0.2) is 9.97 Å². The van der Waals surface area contributed by atoms with E-state index in [-0.39, 0.29) is 0 Å². The molecule has 2 aromatic carbocycles. The summed E-state index contributed by atoms with van der Waals surface area (Å²) in [6.45, 7) is 1.93. The lowest BCUT2D eigenvalue weighted by Gasteiger charge is -2.27. The smallest absolute Gasteiger partial charge is 0.130 e. The Kier molecular flexibility index (Phi) is 4.41. The van der Waals surface area contributed by atoms with Gasteiger partial charge in [-0.2, -0.15) is 0 Å². The van der Waals surface area contributed by atoms with Gasteiger partial charge in [-0.3, -0.25) is 0 Å². The van der Waals surface area contributed by atoms with Crippen LogP contribution in [0.1, 0.15) is 35.8 Å². The van der Waals surface area contributed by atoms with Crippen LogP contribution in [0.4, 0.5) is 5.82 Å². The zero-order valence-electron chi connectivity index (χ0n) is 14.2. The van der Waals surface area contributed by atoms with Crippen LogP contribution in [0.5, 0.6) is 0 Å². The summed E-state index contributed by atoms with van der Waals surface area (Å²) in [7, 11) is 0. The molecule has 0 aliphatic heterocycles. The molecule has 4 heteroatoms. The van der Waals surface area contributed by atoms with Gasteiger partial charge in [0.05, 0.1) is 11.7 Å². The van der Waals surface area contributed by atoms with Gasteiger partial charge in [0.15, 0.2) is 0 Å². The first-order valence-electron chi connectivity index (χ1n) is 8.65. The first kappa shape index (κ1) is 16.1. The molecule has 1 atom stereocenters. The fourth-order valence-corrected chi connectivity index (χ4v) is 3.62. The van der Waals surface area contributed by atoms with Crippen molar-refractivity contribution < 1.29 is 0 Å². The number of fused-ring (bicyclic) bond motifs is 1. The van der Waals surface area contributed by atoms with E-state index in [1.807, 2.05) is 37.3 Å². The highest BCUT2D eigenvalue weighted by Crippen LogP contribution is 2.32. The summed E-state index contributed by atoms with van der Waals surface area (Å²) in [4.78, 5) is 9.17. The lowest BCUT2D eigenvalue weighted by Crippen LogP contribution is -2.18. The quantitative estimate of drug-likeness (QED) is 0.669. The molecule has 0 saturated heterocycles. The van der Waals surface area contributed by atoms with Crippen LogP contribution in [0.15, 0.2) is 54.6 Å². The largest absolute Gasteiger partial charge is 0.363 e.